The molecule has 0 fully saturated rings. The first-order valence-electron chi connectivity index (χ1n) is 7.68. The maximum Gasteiger partial charge on any atom is 0.247 e. The lowest BCUT2D eigenvalue weighted by Gasteiger charge is -2.30. The van der Waals surface area contributed by atoms with E-state index in [0.29, 0.717) is 30.0 Å². The van der Waals surface area contributed by atoms with Crippen LogP contribution >= 0.6 is 0 Å². The quantitative estimate of drug-likeness (QED) is 0.794. The predicted molar refractivity (Wildman–Crippen MR) is 86.1 cm³/mol. The van der Waals surface area contributed by atoms with Gasteiger partial charge >= 0.3 is 0 Å². The highest BCUT2D eigenvalue weighted by Gasteiger charge is 2.39. The third-order valence-corrected chi connectivity index (χ3v) is 6.35. The summed E-state index contributed by atoms with van der Waals surface area (Å²) >= 11 is 0. The Labute approximate surface area is 141 Å². The number of hydrogen-bond donors (Lipinski definition) is 1. The zero-order valence-corrected chi connectivity index (χ0v) is 14.9. The molecule has 0 spiro atoms. The van der Waals surface area contributed by atoms with Crippen molar-refractivity contribution in [2.24, 2.45) is 0 Å². The third kappa shape index (κ3) is 2.61. The van der Waals surface area contributed by atoms with Crippen molar-refractivity contribution in [3.63, 3.8) is 0 Å². The molecule has 3 rings (SSSR count). The van der Waals surface area contributed by atoms with Gasteiger partial charge in [0, 0.05) is 32.2 Å². The van der Waals surface area contributed by atoms with Crippen LogP contribution in [0.2, 0.25) is 0 Å². The van der Waals surface area contributed by atoms with Gasteiger partial charge in [0.25, 0.3) is 0 Å². The summed E-state index contributed by atoms with van der Waals surface area (Å²) in [7, 11) is 1.14. The van der Waals surface area contributed by atoms with Crippen molar-refractivity contribution in [1.82, 2.24) is 9.21 Å². The number of aliphatic hydroxyl groups excluding tert-OH is 1. The Morgan fingerprint density at radius 3 is 2.67 bits per heavy atom. The molecule has 134 valence electrons. The van der Waals surface area contributed by atoms with Crippen molar-refractivity contribution in [2.75, 3.05) is 47.7 Å². The van der Waals surface area contributed by atoms with E-state index in [1.165, 1.54) is 14.2 Å². The lowest BCUT2D eigenvalue weighted by molar-refractivity contribution is 0.169. The molecule has 0 amide bonds. The van der Waals surface area contributed by atoms with Gasteiger partial charge < -0.3 is 24.2 Å². The predicted octanol–water partition coefficient (Wildman–Crippen LogP) is 0.0246. The summed E-state index contributed by atoms with van der Waals surface area (Å²) in [6.45, 7) is 1.02. The molecule has 1 N–H and O–H groups in total. The van der Waals surface area contributed by atoms with Crippen molar-refractivity contribution in [2.45, 2.75) is 17.9 Å². The van der Waals surface area contributed by atoms with Crippen molar-refractivity contribution >= 4 is 10.0 Å². The maximum absolute atomic E-state index is 13.1. The van der Waals surface area contributed by atoms with E-state index in [4.69, 9.17) is 19.3 Å². The molecule has 0 saturated heterocycles. The topological polar surface area (TPSA) is 88.5 Å². The number of likely N-dealkylation sites (N-methyl/N-ethyl adjacent to an activating group) is 2. The molecule has 9 heteroatoms. The molecule has 0 atom stereocenters. The highest BCUT2D eigenvalue weighted by molar-refractivity contribution is 7.89. The van der Waals surface area contributed by atoms with Crippen LogP contribution in [0, 0.1) is 0 Å². The summed E-state index contributed by atoms with van der Waals surface area (Å²) in [6, 6.07) is 0. The van der Waals surface area contributed by atoms with Crippen molar-refractivity contribution in [3.8, 4) is 17.2 Å². The standard InChI is InChI=1S/C15H22N2O6S/c1-16-5-4-10-11(8-16)12(21-3)13-14(23-9-22-13)15(10)24(19,20)17(2)6-7-18/h18H,4-9H2,1-3H3. The SMILES string of the molecule is COc1c2c(c(S(=O)(=O)N(C)CCO)c3c1OCO3)CCN(C)C2. The molecule has 0 unspecified atom stereocenters. The highest BCUT2D eigenvalue weighted by atomic mass is 32.2. The number of fused-ring (bicyclic) bond motifs is 2. The molecular weight excluding hydrogens is 336 g/mol. The smallest absolute Gasteiger partial charge is 0.247 e. The van der Waals surface area contributed by atoms with E-state index in [-0.39, 0.29) is 30.6 Å². The molecule has 0 bridgehead atoms. The van der Waals surface area contributed by atoms with Crippen LogP contribution in [0.5, 0.6) is 17.2 Å². The fraction of sp³-hybridized carbons (Fsp3) is 0.600. The minimum absolute atomic E-state index is 0.0126. The number of methoxy groups -OCH3 is 1. The number of nitrogens with zero attached hydrogens (tertiary/aromatic N) is 2. The van der Waals surface area contributed by atoms with E-state index in [2.05, 4.69) is 4.90 Å². The van der Waals surface area contributed by atoms with Gasteiger partial charge in [-0.1, -0.05) is 0 Å². The van der Waals surface area contributed by atoms with Gasteiger partial charge in [-0.3, -0.25) is 0 Å². The molecule has 8 nitrogen and oxygen atoms in total. The van der Waals surface area contributed by atoms with Crippen molar-refractivity contribution < 1.29 is 27.7 Å². The molecule has 0 radical (unpaired) electrons. The summed E-state index contributed by atoms with van der Waals surface area (Å²) in [5.74, 6) is 1.08. The minimum atomic E-state index is -3.82. The second-order valence-corrected chi connectivity index (χ2v) is 7.90. The van der Waals surface area contributed by atoms with E-state index < -0.39 is 10.0 Å². The molecule has 1 aromatic carbocycles. The van der Waals surface area contributed by atoms with Crippen LogP contribution < -0.4 is 14.2 Å². The first kappa shape index (κ1) is 17.3. The molecule has 2 heterocycles. The molecule has 2 aliphatic heterocycles. The Balaban J connectivity index is 2.27. The van der Waals surface area contributed by atoms with Crippen LogP contribution in [-0.4, -0.2) is 70.4 Å². The van der Waals surface area contributed by atoms with Crippen LogP contribution in [0.25, 0.3) is 0 Å². The first-order chi connectivity index (χ1) is 11.4. The lowest BCUT2D eigenvalue weighted by Crippen LogP contribution is -2.33. The molecular formula is C15H22N2O6S. The summed E-state index contributed by atoms with van der Waals surface area (Å²) in [6.07, 6.45) is 0.570. The first-order valence-corrected chi connectivity index (χ1v) is 9.12. The second-order valence-electron chi connectivity index (χ2n) is 5.92. The van der Waals surface area contributed by atoms with Gasteiger partial charge in [-0.25, -0.2) is 8.42 Å². The van der Waals surface area contributed by atoms with E-state index in [1.807, 2.05) is 7.05 Å². The summed E-state index contributed by atoms with van der Waals surface area (Å²) in [5.41, 5.74) is 1.52. The van der Waals surface area contributed by atoms with Crippen LogP contribution in [0.4, 0.5) is 0 Å². The number of aliphatic hydroxyl groups is 1. The van der Waals surface area contributed by atoms with Gasteiger partial charge in [-0.2, -0.15) is 4.31 Å². The third-order valence-electron chi connectivity index (χ3n) is 4.40. The fourth-order valence-corrected chi connectivity index (χ4v) is 4.71. The van der Waals surface area contributed by atoms with E-state index in [0.717, 1.165) is 16.4 Å². The fourth-order valence-electron chi connectivity index (χ4n) is 3.15. The Morgan fingerprint density at radius 1 is 1.29 bits per heavy atom. The largest absolute Gasteiger partial charge is 0.492 e. The Bertz CT molecular complexity index is 749. The summed E-state index contributed by atoms with van der Waals surface area (Å²) in [4.78, 5) is 2.23. The van der Waals surface area contributed by atoms with E-state index in [9.17, 15) is 8.42 Å². The lowest BCUT2D eigenvalue weighted by atomic mass is 9.97. The number of benzene rings is 1. The zero-order valence-electron chi connectivity index (χ0n) is 14.0. The van der Waals surface area contributed by atoms with Crippen molar-refractivity contribution in [1.29, 1.82) is 0 Å². The monoisotopic (exact) mass is 358 g/mol. The Hall–Kier alpha value is -1.55. The van der Waals surface area contributed by atoms with E-state index >= 15 is 0 Å². The average molecular weight is 358 g/mol. The molecule has 0 aliphatic carbocycles. The van der Waals surface area contributed by atoms with Gasteiger partial charge in [-0.05, 0) is 19.0 Å². The highest BCUT2D eigenvalue weighted by Crippen LogP contribution is 2.51. The van der Waals surface area contributed by atoms with Crippen LogP contribution in [-0.2, 0) is 23.0 Å². The Kier molecular flexibility index (Phi) is 4.60. The average Bonchev–Trinajstić information content (AvgIpc) is 3.01. The van der Waals surface area contributed by atoms with Gasteiger partial charge in [-0.15, -0.1) is 0 Å². The Morgan fingerprint density at radius 2 is 2.00 bits per heavy atom. The number of ether oxygens (including phenoxy) is 3. The normalized spacial score (nSPS) is 17.2. The number of sulfonamides is 1. The number of rotatable bonds is 5. The van der Waals surface area contributed by atoms with Gasteiger partial charge in [0.1, 0.15) is 4.90 Å². The molecule has 0 aromatic heterocycles. The van der Waals surface area contributed by atoms with Gasteiger partial charge in [0.15, 0.2) is 11.5 Å². The molecule has 0 saturated carbocycles. The molecule has 1 aromatic rings. The zero-order chi connectivity index (χ0) is 17.5. The van der Waals surface area contributed by atoms with Gasteiger partial charge in [0.2, 0.25) is 22.6 Å². The van der Waals surface area contributed by atoms with Crippen LogP contribution in [0.3, 0.4) is 0 Å². The van der Waals surface area contributed by atoms with Crippen LogP contribution in [0.15, 0.2) is 4.90 Å². The van der Waals surface area contributed by atoms with Crippen LogP contribution in [0.1, 0.15) is 11.1 Å². The summed E-state index contributed by atoms with van der Waals surface area (Å²) in [5, 5.41) is 9.11. The maximum atomic E-state index is 13.1. The second kappa shape index (κ2) is 6.40. The number of hydrogen-bond acceptors (Lipinski definition) is 7. The minimum Gasteiger partial charge on any atom is -0.492 e. The summed E-state index contributed by atoms with van der Waals surface area (Å²) < 4.78 is 43.7. The van der Waals surface area contributed by atoms with E-state index in [1.54, 1.807) is 0 Å². The van der Waals surface area contributed by atoms with Crippen molar-refractivity contribution in [3.05, 3.63) is 11.1 Å². The molecule has 2 aliphatic rings. The van der Waals surface area contributed by atoms with Gasteiger partial charge in [0.05, 0.1) is 13.7 Å². The molecule has 24 heavy (non-hydrogen) atoms.